The van der Waals surface area contributed by atoms with Gasteiger partial charge in [0.05, 0.1) is 11.0 Å². The number of nitrogens with zero attached hydrogens (tertiary/aromatic N) is 2. The number of rotatable bonds is 4. The third-order valence-electron chi connectivity index (χ3n) is 5.52. The fraction of sp³-hybridized carbons (Fsp3) is 0.174. The minimum Gasteiger partial charge on any atom is -0.456 e. The Balaban J connectivity index is 2.22. The van der Waals surface area contributed by atoms with Crippen LogP contribution in [0.2, 0.25) is 0 Å². The molecule has 0 bridgehead atoms. The second-order valence-electron chi connectivity index (χ2n) is 8.23. The van der Waals surface area contributed by atoms with Crippen molar-refractivity contribution < 1.29 is 30.4 Å². The van der Waals surface area contributed by atoms with Gasteiger partial charge in [0.25, 0.3) is 20.2 Å². The number of fused-ring (bicyclic) bond motifs is 2. The molecule has 2 N–H and O–H groups in total. The van der Waals surface area contributed by atoms with Gasteiger partial charge in [-0.2, -0.15) is 16.8 Å². The molecule has 1 aliphatic carbocycles. The molecule has 0 spiro atoms. The molecule has 1 heterocycles. The Kier molecular flexibility index (Phi) is 5.76. The summed E-state index contributed by atoms with van der Waals surface area (Å²) in [4.78, 5) is 0.590. The minimum atomic E-state index is -4.87. The molecule has 178 valence electrons. The fourth-order valence-electron chi connectivity index (χ4n) is 3.80. The van der Waals surface area contributed by atoms with E-state index < -0.39 is 30.0 Å². The van der Waals surface area contributed by atoms with Crippen molar-refractivity contribution in [3.63, 3.8) is 0 Å². The van der Waals surface area contributed by atoms with Gasteiger partial charge in [-0.25, -0.2) is 4.58 Å². The first-order valence-corrected chi connectivity index (χ1v) is 12.9. The molecule has 0 saturated carbocycles. The third kappa shape index (κ3) is 4.30. The summed E-state index contributed by atoms with van der Waals surface area (Å²) in [5.41, 5.74) is 2.37. The maximum Gasteiger partial charge on any atom is 0.295 e. The lowest BCUT2D eigenvalue weighted by molar-refractivity contribution is 0.481. The summed E-state index contributed by atoms with van der Waals surface area (Å²) < 4.78 is 75.4. The van der Waals surface area contributed by atoms with E-state index in [2.05, 4.69) is 0 Å². The number of hydrogen-bond donors (Lipinski definition) is 2. The first-order valence-electron chi connectivity index (χ1n) is 10.0. The van der Waals surface area contributed by atoms with Crippen LogP contribution in [0.5, 0.6) is 0 Å². The molecule has 2 aromatic carbocycles. The molecule has 9 nitrogen and oxygen atoms in total. The predicted octanol–water partition coefficient (Wildman–Crippen LogP) is 2.80. The Morgan fingerprint density at radius 2 is 1.50 bits per heavy atom. The Morgan fingerprint density at radius 3 is 2.09 bits per heavy atom. The van der Waals surface area contributed by atoms with Gasteiger partial charge in [-0.1, -0.05) is 6.07 Å². The van der Waals surface area contributed by atoms with E-state index >= 15 is 0 Å². The second kappa shape index (κ2) is 8.20. The fourth-order valence-corrected chi connectivity index (χ4v) is 5.10. The zero-order valence-electron chi connectivity index (χ0n) is 18.8. The van der Waals surface area contributed by atoms with Crippen LogP contribution in [0.4, 0.5) is 5.69 Å². The Hall–Kier alpha value is -3.25. The van der Waals surface area contributed by atoms with Crippen molar-refractivity contribution >= 4 is 36.9 Å². The molecule has 1 aliphatic heterocycles. The molecule has 0 unspecified atom stereocenters. The van der Waals surface area contributed by atoms with E-state index in [9.17, 15) is 25.9 Å². The number of hydrogen-bond acceptors (Lipinski definition) is 6. The SMILES string of the molecule is CN(C)c1ccc2c(-c3ccc(S(=O)(=O)O)cc3S(=O)(=O)O)c3ccc(=[N+](C)C)cc-3oc2c1. The molecule has 11 heteroatoms. The van der Waals surface area contributed by atoms with Crippen molar-refractivity contribution in [1.82, 2.24) is 4.58 Å². The molecule has 0 saturated heterocycles. The Morgan fingerprint density at radius 1 is 0.824 bits per heavy atom. The van der Waals surface area contributed by atoms with Gasteiger partial charge in [0.15, 0.2) is 0 Å². The van der Waals surface area contributed by atoms with Crippen LogP contribution in [0.25, 0.3) is 33.4 Å². The largest absolute Gasteiger partial charge is 0.456 e. The van der Waals surface area contributed by atoms with Crippen LogP contribution in [-0.4, -0.2) is 54.1 Å². The van der Waals surface area contributed by atoms with Crippen LogP contribution in [0.3, 0.4) is 0 Å². The topological polar surface area (TPSA) is 128 Å². The molecule has 4 rings (SSSR count). The normalized spacial score (nSPS) is 12.3. The summed E-state index contributed by atoms with van der Waals surface area (Å²) in [6.45, 7) is 0. The van der Waals surface area contributed by atoms with Crippen LogP contribution in [0.15, 0.2) is 68.8 Å². The maximum atomic E-state index is 12.3. The lowest BCUT2D eigenvalue weighted by Gasteiger charge is -2.19. The van der Waals surface area contributed by atoms with Gasteiger partial charge in [-0.15, -0.1) is 0 Å². The molecule has 2 aromatic rings. The predicted molar refractivity (Wildman–Crippen MR) is 129 cm³/mol. The zero-order valence-corrected chi connectivity index (χ0v) is 20.5. The average Bonchev–Trinajstić information content (AvgIpc) is 2.74. The highest BCUT2D eigenvalue weighted by atomic mass is 32.2. The van der Waals surface area contributed by atoms with Crippen molar-refractivity contribution in [3.05, 3.63) is 60.0 Å². The summed E-state index contributed by atoms with van der Waals surface area (Å²) >= 11 is 0. The van der Waals surface area contributed by atoms with Crippen LogP contribution < -0.4 is 14.8 Å². The lowest BCUT2D eigenvalue weighted by atomic mass is 9.93. The van der Waals surface area contributed by atoms with Crippen molar-refractivity contribution in [1.29, 1.82) is 0 Å². The van der Waals surface area contributed by atoms with Gasteiger partial charge in [-0.05, 0) is 30.3 Å². The van der Waals surface area contributed by atoms with Gasteiger partial charge in [-0.3, -0.25) is 9.11 Å². The molecule has 0 fully saturated rings. The summed E-state index contributed by atoms with van der Waals surface area (Å²) in [6.07, 6.45) is 0. The summed E-state index contributed by atoms with van der Waals surface area (Å²) in [7, 11) is -2.08. The number of benzene rings is 3. The Bertz CT molecular complexity index is 1700. The Labute approximate surface area is 197 Å². The highest BCUT2D eigenvalue weighted by Gasteiger charge is 2.26. The monoisotopic (exact) mass is 503 g/mol. The van der Waals surface area contributed by atoms with Gasteiger partial charge >= 0.3 is 0 Å². The van der Waals surface area contributed by atoms with E-state index in [1.165, 1.54) is 6.07 Å². The molecule has 0 aromatic heterocycles. The van der Waals surface area contributed by atoms with Crippen molar-refractivity contribution in [3.8, 4) is 22.5 Å². The van der Waals surface area contributed by atoms with Crippen LogP contribution in [-0.2, 0) is 20.2 Å². The second-order valence-corrected chi connectivity index (χ2v) is 11.0. The molecule has 0 radical (unpaired) electrons. The minimum absolute atomic E-state index is 0.0657. The molecule has 2 aliphatic rings. The zero-order chi connectivity index (χ0) is 25.0. The summed E-state index contributed by atoms with van der Waals surface area (Å²) in [5, 5.41) is 1.40. The van der Waals surface area contributed by atoms with Gasteiger partial charge in [0, 0.05) is 54.0 Å². The first kappa shape index (κ1) is 23.9. The van der Waals surface area contributed by atoms with E-state index in [1.54, 1.807) is 24.3 Å². The maximum absolute atomic E-state index is 12.3. The van der Waals surface area contributed by atoms with E-state index in [4.69, 9.17) is 4.42 Å². The average molecular weight is 504 g/mol. The van der Waals surface area contributed by atoms with Crippen molar-refractivity contribution in [2.45, 2.75) is 9.79 Å². The van der Waals surface area contributed by atoms with Gasteiger partial charge < -0.3 is 9.32 Å². The smallest absolute Gasteiger partial charge is 0.295 e. The van der Waals surface area contributed by atoms with E-state index in [0.717, 1.165) is 23.2 Å². The first-order chi connectivity index (χ1) is 15.8. The summed E-state index contributed by atoms with van der Waals surface area (Å²) in [6, 6.07) is 13.9. The van der Waals surface area contributed by atoms with E-state index in [-0.39, 0.29) is 5.56 Å². The quantitative estimate of drug-likeness (QED) is 0.247. The van der Waals surface area contributed by atoms with E-state index in [0.29, 0.717) is 27.9 Å². The third-order valence-corrected chi connectivity index (χ3v) is 7.26. The van der Waals surface area contributed by atoms with Gasteiger partial charge in [0.2, 0.25) is 5.36 Å². The van der Waals surface area contributed by atoms with Gasteiger partial charge in [0.1, 0.15) is 30.3 Å². The molecule has 34 heavy (non-hydrogen) atoms. The summed E-state index contributed by atoms with van der Waals surface area (Å²) in [5.74, 6) is 0.463. The van der Waals surface area contributed by atoms with Crippen molar-refractivity contribution in [2.75, 3.05) is 33.1 Å². The van der Waals surface area contributed by atoms with Crippen LogP contribution in [0, 0.1) is 0 Å². The highest BCUT2D eigenvalue weighted by Crippen LogP contribution is 2.43. The lowest BCUT2D eigenvalue weighted by Crippen LogP contribution is -2.21. The number of anilines is 1. The van der Waals surface area contributed by atoms with Crippen molar-refractivity contribution in [2.24, 2.45) is 0 Å². The molecular weight excluding hydrogens is 480 g/mol. The van der Waals surface area contributed by atoms with Crippen LogP contribution >= 0.6 is 0 Å². The molecular formula is C23H23N2O7S2+. The standard InChI is InChI=1S/C23H22N2O7S2/c1-24(2)14-5-8-17-20(11-14)32-21-12-15(25(3)4)6-9-18(21)23(17)19-10-7-16(33(26,27)28)13-22(19)34(29,30)31/h5-13H,1-4H3,(H-,26,27,28,29,30,31)/p+1. The molecule has 0 amide bonds. The van der Waals surface area contributed by atoms with E-state index in [1.807, 2.05) is 49.8 Å². The van der Waals surface area contributed by atoms with Crippen LogP contribution in [0.1, 0.15) is 0 Å². The highest BCUT2D eigenvalue weighted by molar-refractivity contribution is 7.86. The molecule has 0 atom stereocenters.